The van der Waals surface area contributed by atoms with Gasteiger partial charge in [-0.1, -0.05) is 5.16 Å². The average Bonchev–Trinajstić information content (AvgIpc) is 3.36. The molecule has 35 heavy (non-hydrogen) atoms. The third-order valence-corrected chi connectivity index (χ3v) is 5.94. The molecule has 15 heteroatoms. The summed E-state index contributed by atoms with van der Waals surface area (Å²) in [6.07, 6.45) is -0.642. The van der Waals surface area contributed by atoms with Gasteiger partial charge in [0, 0.05) is 24.2 Å². The van der Waals surface area contributed by atoms with E-state index in [4.69, 9.17) is 4.84 Å². The minimum absolute atomic E-state index is 0.0375. The van der Waals surface area contributed by atoms with Crippen LogP contribution in [-0.2, 0) is 14.9 Å². The second kappa shape index (κ2) is 8.99. The minimum atomic E-state index is -4.57. The lowest BCUT2D eigenvalue weighted by molar-refractivity contribution is -0.00611. The molecule has 2 atom stereocenters. The lowest BCUT2D eigenvalue weighted by Gasteiger charge is -2.17. The predicted molar refractivity (Wildman–Crippen MR) is 108 cm³/mol. The number of nitrogens with zero attached hydrogens (tertiary/aromatic N) is 4. The molecule has 0 amide bonds. The number of hydrogen-bond acceptors (Lipinski definition) is 6. The van der Waals surface area contributed by atoms with E-state index in [2.05, 4.69) is 14.4 Å². The van der Waals surface area contributed by atoms with Gasteiger partial charge in [-0.05, 0) is 6.07 Å². The lowest BCUT2D eigenvalue weighted by Crippen LogP contribution is -2.31. The summed E-state index contributed by atoms with van der Waals surface area (Å²) >= 11 is 0. The van der Waals surface area contributed by atoms with Crippen LogP contribution in [0.3, 0.4) is 0 Å². The van der Waals surface area contributed by atoms with Crippen LogP contribution in [0.2, 0.25) is 0 Å². The van der Waals surface area contributed by atoms with E-state index in [1.807, 2.05) is 0 Å². The molecule has 0 radical (unpaired) electrons. The number of sulfonamides is 1. The Bertz CT molecular complexity index is 1350. The fourth-order valence-corrected chi connectivity index (χ4v) is 4.02. The van der Waals surface area contributed by atoms with Crippen LogP contribution in [0, 0.1) is 35.3 Å². The van der Waals surface area contributed by atoms with Crippen molar-refractivity contribution in [2.45, 2.75) is 18.4 Å². The van der Waals surface area contributed by atoms with E-state index in [1.54, 1.807) is 6.07 Å². The highest BCUT2D eigenvalue weighted by atomic mass is 32.2. The number of aromatic nitrogens is 1. The van der Waals surface area contributed by atoms with Crippen LogP contribution in [-0.4, -0.2) is 49.2 Å². The van der Waals surface area contributed by atoms with Crippen molar-refractivity contribution in [3.63, 3.8) is 0 Å². The minimum Gasteiger partial charge on any atom is -0.384 e. The Kier molecular flexibility index (Phi) is 6.34. The molecule has 1 unspecified atom stereocenters. The number of likely N-dealkylation sites (tertiary alicyclic amines) is 1. The van der Waals surface area contributed by atoms with Crippen LogP contribution in [0.25, 0.3) is 15.4 Å². The number of rotatable bonds is 3. The van der Waals surface area contributed by atoms with Gasteiger partial charge < -0.3 is 9.74 Å². The van der Waals surface area contributed by atoms with Gasteiger partial charge in [-0.2, -0.15) is 0 Å². The Morgan fingerprint density at radius 2 is 1.83 bits per heavy atom. The van der Waals surface area contributed by atoms with Gasteiger partial charge in [0.15, 0.2) is 12.0 Å². The molecular weight excluding hydrogens is 509 g/mol. The maximum atomic E-state index is 14.4. The molecule has 186 valence electrons. The van der Waals surface area contributed by atoms with Gasteiger partial charge in [0.25, 0.3) is 11.9 Å². The van der Waals surface area contributed by atoms with E-state index in [0.29, 0.717) is 12.1 Å². The second-order valence-corrected chi connectivity index (χ2v) is 9.31. The molecule has 0 aliphatic carbocycles. The van der Waals surface area contributed by atoms with Gasteiger partial charge in [0.2, 0.25) is 0 Å². The summed E-state index contributed by atoms with van der Waals surface area (Å²) in [6.45, 7) is -1.41. The smallest absolute Gasteiger partial charge is 0.384 e. The SMILES string of the molecule is O=S(=O)(CF)[N+]#CC1CN(C2=NO[C@H](c3ncc(F)cc3-c3c(F)cc(F)cc3F)C2)CC1(F)F. The highest BCUT2D eigenvalue weighted by molar-refractivity contribution is 7.93. The summed E-state index contributed by atoms with van der Waals surface area (Å²) in [5, 5.41) is 3.71. The molecule has 4 rings (SSSR count). The first-order chi connectivity index (χ1) is 16.4. The van der Waals surface area contributed by atoms with Gasteiger partial charge in [-0.3, -0.25) is 4.98 Å². The van der Waals surface area contributed by atoms with E-state index in [9.17, 15) is 39.2 Å². The van der Waals surface area contributed by atoms with E-state index >= 15 is 0 Å². The lowest BCUT2D eigenvalue weighted by atomic mass is 9.98. The standard InChI is InChI=1S/C20H14F7N4O3S/c21-9-35(32,33)29-5-10-7-31(8-20(10,26)27)17-4-16(34-30-17)19-13(1-12(23)6-28-19)18-14(24)2-11(22)3-15(18)25/h1-3,6,10,16H,4,7-9H2/q+1/t10?,16-/m0/s1. The van der Waals surface area contributed by atoms with E-state index in [0.717, 1.165) is 17.2 Å². The normalized spacial score (nSPS) is 21.3. The van der Waals surface area contributed by atoms with Crippen LogP contribution in [0.4, 0.5) is 30.7 Å². The zero-order valence-corrected chi connectivity index (χ0v) is 18.2. The summed E-state index contributed by atoms with van der Waals surface area (Å²) < 4.78 is 122. The Hall–Kier alpha value is -3.41. The largest absolute Gasteiger partial charge is 0.509 e. The number of oxime groups is 1. The van der Waals surface area contributed by atoms with Crippen LogP contribution in [0.1, 0.15) is 18.2 Å². The average molecular weight is 523 g/mol. The van der Waals surface area contributed by atoms with Crippen molar-refractivity contribution in [2.24, 2.45) is 11.1 Å². The third kappa shape index (κ3) is 5.02. The van der Waals surface area contributed by atoms with Gasteiger partial charge in [-0.25, -0.2) is 30.7 Å². The van der Waals surface area contributed by atoms with Crippen LogP contribution >= 0.6 is 0 Å². The molecule has 3 heterocycles. The molecule has 2 aliphatic rings. The van der Waals surface area contributed by atoms with Crippen molar-refractivity contribution in [2.75, 3.05) is 19.1 Å². The quantitative estimate of drug-likeness (QED) is 0.563. The van der Waals surface area contributed by atoms with Crippen molar-refractivity contribution in [1.82, 2.24) is 9.88 Å². The molecule has 0 bridgehead atoms. The number of amidine groups is 1. The van der Waals surface area contributed by atoms with Crippen molar-refractivity contribution in [3.8, 4) is 17.2 Å². The molecule has 2 aliphatic heterocycles. The van der Waals surface area contributed by atoms with E-state index < -0.39 is 75.9 Å². The number of alkyl halides is 3. The summed E-state index contributed by atoms with van der Waals surface area (Å²) in [6, 6.07) is 1.45. The summed E-state index contributed by atoms with van der Waals surface area (Å²) in [5.41, 5.74) is -1.33. The molecule has 7 nitrogen and oxygen atoms in total. The Morgan fingerprint density at radius 3 is 2.49 bits per heavy atom. The summed E-state index contributed by atoms with van der Waals surface area (Å²) in [4.78, 5) is 10.1. The van der Waals surface area contributed by atoms with Crippen molar-refractivity contribution in [3.05, 3.63) is 57.6 Å². The van der Waals surface area contributed by atoms with E-state index in [1.165, 1.54) is 0 Å². The number of halogens is 7. The van der Waals surface area contributed by atoms with Crippen molar-refractivity contribution in [1.29, 1.82) is 0 Å². The first-order valence-corrected chi connectivity index (χ1v) is 11.4. The third-order valence-electron chi connectivity index (χ3n) is 5.28. The molecule has 1 aromatic heterocycles. The zero-order chi connectivity index (χ0) is 25.5. The van der Waals surface area contributed by atoms with Crippen molar-refractivity contribution >= 4 is 15.9 Å². The van der Waals surface area contributed by atoms with Crippen LogP contribution < -0.4 is 0 Å². The molecule has 0 N–H and O–H groups in total. The number of hydrogen-bond donors (Lipinski definition) is 0. The first kappa shape index (κ1) is 24.7. The summed E-state index contributed by atoms with van der Waals surface area (Å²) in [5.74, 6) is -10.1. The van der Waals surface area contributed by atoms with Gasteiger partial charge in [-0.15, -0.1) is 8.42 Å². The van der Waals surface area contributed by atoms with E-state index in [-0.39, 0.29) is 23.5 Å². The van der Waals surface area contributed by atoms with Gasteiger partial charge in [0.1, 0.15) is 29.1 Å². The monoisotopic (exact) mass is 523 g/mol. The Labute approximate surface area is 193 Å². The van der Waals surface area contributed by atoms with Gasteiger partial charge in [0.05, 0.1) is 34.7 Å². The molecule has 1 aromatic carbocycles. The predicted octanol–water partition coefficient (Wildman–Crippen LogP) is 4.24. The second-order valence-electron chi connectivity index (χ2n) is 7.74. The molecule has 0 spiro atoms. The maximum Gasteiger partial charge on any atom is 0.509 e. The Balaban J connectivity index is 1.58. The van der Waals surface area contributed by atoms with Crippen LogP contribution in [0.5, 0.6) is 0 Å². The molecular formula is C20H14F7N4O3S+. The van der Waals surface area contributed by atoms with Crippen molar-refractivity contribution < 1.29 is 44.0 Å². The molecule has 1 fully saturated rings. The molecule has 2 aromatic rings. The van der Waals surface area contributed by atoms with Gasteiger partial charge >= 0.3 is 16.1 Å². The topological polar surface area (TPSA) is 76.2 Å². The zero-order valence-electron chi connectivity index (χ0n) is 17.4. The maximum absolute atomic E-state index is 14.4. The fourth-order valence-electron chi connectivity index (χ4n) is 3.69. The fraction of sp³-hybridized carbons (Fsp3) is 0.350. The highest BCUT2D eigenvalue weighted by Gasteiger charge is 2.53. The highest BCUT2D eigenvalue weighted by Crippen LogP contribution is 2.39. The van der Waals surface area contributed by atoms with Crippen LogP contribution in [0.15, 0.2) is 29.6 Å². The number of benzene rings is 1. The Morgan fingerprint density at radius 1 is 1.14 bits per heavy atom. The number of pyridine rings is 1. The molecule has 1 saturated heterocycles. The summed E-state index contributed by atoms with van der Waals surface area (Å²) in [7, 11) is -4.57. The molecule has 0 saturated carbocycles. The first-order valence-electron chi connectivity index (χ1n) is 9.82.